The van der Waals surface area contributed by atoms with Gasteiger partial charge in [0.2, 0.25) is 6.79 Å². The van der Waals surface area contributed by atoms with Crippen LogP contribution in [0.25, 0.3) is 6.08 Å². The monoisotopic (exact) mass is 552 g/mol. The Labute approximate surface area is 225 Å². The van der Waals surface area contributed by atoms with Gasteiger partial charge in [0.1, 0.15) is 0 Å². The van der Waals surface area contributed by atoms with Crippen LogP contribution in [0, 0.1) is 0 Å². The van der Waals surface area contributed by atoms with Crippen molar-refractivity contribution in [1.82, 2.24) is 4.57 Å². The van der Waals surface area contributed by atoms with E-state index in [-0.39, 0.29) is 30.3 Å². The highest BCUT2D eigenvalue weighted by molar-refractivity contribution is 7.07. The molecule has 3 heterocycles. The lowest BCUT2D eigenvalue weighted by molar-refractivity contribution is -0.140. The van der Waals surface area contributed by atoms with E-state index in [1.807, 2.05) is 0 Å². The quantitative estimate of drug-likeness (QED) is 0.416. The summed E-state index contributed by atoms with van der Waals surface area (Å²) in [4.78, 5) is 42.7. The second kappa shape index (κ2) is 10.7. The van der Waals surface area contributed by atoms with Gasteiger partial charge in [-0.25, -0.2) is 14.6 Å². The molecule has 11 nitrogen and oxygen atoms in total. The maximum Gasteiger partial charge on any atom is 0.341 e. The third-order valence-corrected chi connectivity index (χ3v) is 7.05. The van der Waals surface area contributed by atoms with Crippen molar-refractivity contribution in [3.05, 3.63) is 78.5 Å². The summed E-state index contributed by atoms with van der Waals surface area (Å²) in [5.41, 5.74) is 1.63. The predicted molar refractivity (Wildman–Crippen MR) is 139 cm³/mol. The van der Waals surface area contributed by atoms with Gasteiger partial charge in [-0.2, -0.15) is 0 Å². The molecule has 0 radical (unpaired) electrons. The molecule has 1 aromatic heterocycles. The van der Waals surface area contributed by atoms with Crippen LogP contribution in [0.15, 0.2) is 57.5 Å². The number of carboxylic acid groups (broad SMARTS) is 1. The average Bonchev–Trinajstić information content (AvgIpc) is 3.50. The third kappa shape index (κ3) is 4.98. The van der Waals surface area contributed by atoms with Gasteiger partial charge in [0.05, 0.1) is 35.6 Å². The Balaban J connectivity index is 1.63. The van der Waals surface area contributed by atoms with Gasteiger partial charge in [0, 0.05) is 0 Å². The van der Waals surface area contributed by atoms with Gasteiger partial charge in [-0.3, -0.25) is 9.36 Å². The number of hydrogen-bond donors (Lipinski definition) is 1. The van der Waals surface area contributed by atoms with Crippen LogP contribution < -0.4 is 33.8 Å². The van der Waals surface area contributed by atoms with Crippen molar-refractivity contribution in [3.63, 3.8) is 0 Å². The van der Waals surface area contributed by atoms with Crippen LogP contribution in [0.2, 0.25) is 0 Å². The highest BCUT2D eigenvalue weighted by Gasteiger charge is 2.34. The Morgan fingerprint density at radius 3 is 2.72 bits per heavy atom. The predicted octanol–water partition coefficient (Wildman–Crippen LogP) is 2.00. The fourth-order valence-electron chi connectivity index (χ4n) is 4.37. The zero-order valence-corrected chi connectivity index (χ0v) is 22.1. The number of nitrogens with zero attached hydrogens (tertiary/aromatic N) is 2. The van der Waals surface area contributed by atoms with Crippen LogP contribution >= 0.6 is 11.3 Å². The van der Waals surface area contributed by atoms with Gasteiger partial charge in [0.15, 0.2) is 34.4 Å². The van der Waals surface area contributed by atoms with E-state index in [1.165, 1.54) is 23.0 Å². The molecule has 0 spiro atoms. The molecule has 0 aliphatic carbocycles. The van der Waals surface area contributed by atoms with Gasteiger partial charge < -0.3 is 28.8 Å². The van der Waals surface area contributed by atoms with Crippen LogP contribution in [0.1, 0.15) is 31.0 Å². The molecule has 0 amide bonds. The van der Waals surface area contributed by atoms with Crippen LogP contribution in [-0.4, -0.2) is 48.7 Å². The van der Waals surface area contributed by atoms with Crippen LogP contribution in [-0.2, 0) is 14.3 Å². The van der Waals surface area contributed by atoms with Gasteiger partial charge in [-0.05, 0) is 55.3 Å². The molecule has 3 aromatic rings. The minimum Gasteiger partial charge on any atom is -0.493 e. The summed E-state index contributed by atoms with van der Waals surface area (Å²) in [6, 6.07) is 9.38. The number of carbonyl (C=O) groups is 2. The summed E-state index contributed by atoms with van der Waals surface area (Å²) < 4.78 is 28.8. The van der Waals surface area contributed by atoms with Crippen molar-refractivity contribution in [2.24, 2.45) is 4.99 Å². The Kier molecular flexibility index (Phi) is 7.11. The summed E-state index contributed by atoms with van der Waals surface area (Å²) in [6.07, 6.45) is 1.67. The molecule has 1 atom stereocenters. The Bertz CT molecular complexity index is 1690. The average molecular weight is 553 g/mol. The second-order valence-electron chi connectivity index (χ2n) is 8.51. The van der Waals surface area contributed by atoms with E-state index >= 15 is 0 Å². The van der Waals surface area contributed by atoms with Crippen molar-refractivity contribution >= 4 is 29.4 Å². The number of benzene rings is 2. The number of carbonyl (C=O) groups excluding carboxylic acids is 1. The fraction of sp³-hybridized carbons (Fsp3) is 0.259. The first-order valence-electron chi connectivity index (χ1n) is 11.9. The molecular formula is C27H24N2O9S. The van der Waals surface area contributed by atoms with E-state index in [9.17, 15) is 14.4 Å². The zero-order valence-electron chi connectivity index (χ0n) is 21.3. The number of ether oxygens (including phenoxy) is 5. The maximum absolute atomic E-state index is 13.8. The molecule has 1 N–H and O–H groups in total. The molecule has 2 aliphatic heterocycles. The Morgan fingerprint density at radius 1 is 1.18 bits per heavy atom. The number of carboxylic acids is 1. The molecule has 2 aliphatic rings. The molecule has 0 saturated heterocycles. The molecule has 202 valence electrons. The molecule has 2 aromatic carbocycles. The van der Waals surface area contributed by atoms with E-state index in [2.05, 4.69) is 4.99 Å². The lowest BCUT2D eigenvalue weighted by Crippen LogP contribution is -2.39. The topological polar surface area (TPSA) is 135 Å². The van der Waals surface area contributed by atoms with E-state index < -0.39 is 24.6 Å². The Morgan fingerprint density at radius 2 is 1.97 bits per heavy atom. The molecule has 0 fully saturated rings. The van der Waals surface area contributed by atoms with Crippen molar-refractivity contribution in [2.75, 3.05) is 27.1 Å². The number of aromatic nitrogens is 1. The second-order valence-corrected chi connectivity index (χ2v) is 9.52. The summed E-state index contributed by atoms with van der Waals surface area (Å²) in [6.45, 7) is 3.16. The van der Waals surface area contributed by atoms with Gasteiger partial charge >= 0.3 is 11.9 Å². The third-order valence-electron chi connectivity index (χ3n) is 6.07. The van der Waals surface area contributed by atoms with Crippen LogP contribution in [0.4, 0.5) is 0 Å². The van der Waals surface area contributed by atoms with Crippen LogP contribution in [0.3, 0.4) is 0 Å². The number of hydrogen-bond acceptors (Lipinski definition) is 10. The summed E-state index contributed by atoms with van der Waals surface area (Å²) >= 11 is 1.18. The molecule has 5 rings (SSSR count). The largest absolute Gasteiger partial charge is 0.493 e. The van der Waals surface area contributed by atoms with E-state index in [0.717, 1.165) is 0 Å². The number of methoxy groups -OCH3 is 1. The number of thiazole rings is 1. The number of aliphatic carboxylic acids is 1. The first-order valence-corrected chi connectivity index (χ1v) is 12.7. The zero-order chi connectivity index (χ0) is 27.7. The first-order chi connectivity index (χ1) is 18.8. The van der Waals surface area contributed by atoms with Gasteiger partial charge in [0.25, 0.3) is 5.56 Å². The SMILES string of the molecule is CCOC(=O)C1=C(C)N=c2s/c(=C/c3ccc(OCC(=O)O)c(OC)c3)c(=O)n2[C@@H]1c1ccc2c(c1)OCO2. The number of esters is 1. The van der Waals surface area contributed by atoms with Crippen molar-refractivity contribution < 1.29 is 38.4 Å². The standard InChI is InChI=1S/C27H24N2O9S/c1-4-35-26(33)23-14(2)28-27-29(24(23)16-6-8-18-20(11-16)38-13-37-18)25(32)21(39-27)10-15-5-7-17(19(9-15)34-3)36-12-22(30)31/h5-11,24H,4,12-13H2,1-3H3,(H,30,31)/b21-10+/t24-/m1/s1. The van der Waals surface area contributed by atoms with Crippen molar-refractivity contribution in [1.29, 1.82) is 0 Å². The minimum absolute atomic E-state index is 0.0880. The highest BCUT2D eigenvalue weighted by Crippen LogP contribution is 2.38. The molecular weight excluding hydrogens is 528 g/mol. The smallest absolute Gasteiger partial charge is 0.341 e. The number of allylic oxidation sites excluding steroid dienone is 1. The normalized spacial score (nSPS) is 16.0. The maximum atomic E-state index is 13.8. The lowest BCUT2D eigenvalue weighted by atomic mass is 9.95. The fourth-order valence-corrected chi connectivity index (χ4v) is 5.42. The minimum atomic E-state index is -1.11. The summed E-state index contributed by atoms with van der Waals surface area (Å²) in [7, 11) is 1.44. The van der Waals surface area contributed by atoms with E-state index in [1.54, 1.807) is 56.3 Å². The molecule has 0 bridgehead atoms. The Hall–Kier alpha value is -4.58. The molecule has 12 heteroatoms. The highest BCUT2D eigenvalue weighted by atomic mass is 32.1. The summed E-state index contributed by atoms with van der Waals surface area (Å²) in [5.74, 6) is 0.000607. The van der Waals surface area contributed by atoms with Crippen molar-refractivity contribution in [2.45, 2.75) is 19.9 Å². The number of fused-ring (bicyclic) bond motifs is 2. The van der Waals surface area contributed by atoms with E-state index in [4.69, 9.17) is 28.8 Å². The van der Waals surface area contributed by atoms with Crippen molar-refractivity contribution in [3.8, 4) is 23.0 Å². The summed E-state index contributed by atoms with van der Waals surface area (Å²) in [5, 5.41) is 8.89. The van der Waals surface area contributed by atoms with Crippen LogP contribution in [0.5, 0.6) is 23.0 Å². The molecule has 39 heavy (non-hydrogen) atoms. The molecule has 0 saturated carbocycles. The molecule has 0 unspecified atom stereocenters. The van der Waals surface area contributed by atoms with E-state index in [0.29, 0.717) is 43.4 Å². The first kappa shape index (κ1) is 26.0. The number of rotatable bonds is 8. The lowest BCUT2D eigenvalue weighted by Gasteiger charge is -2.24. The van der Waals surface area contributed by atoms with Gasteiger partial charge in [-0.15, -0.1) is 0 Å². The van der Waals surface area contributed by atoms with Gasteiger partial charge in [-0.1, -0.05) is 23.5 Å².